The van der Waals surface area contributed by atoms with E-state index < -0.39 is 10.0 Å². The molecule has 1 aromatic carbocycles. The second-order valence-corrected chi connectivity index (χ2v) is 6.14. The van der Waals surface area contributed by atoms with Gasteiger partial charge in [0.1, 0.15) is 0 Å². The van der Waals surface area contributed by atoms with Crippen LogP contribution in [0.25, 0.3) is 0 Å². The molecule has 0 radical (unpaired) electrons. The number of nitrogens with one attached hydrogen (secondary N) is 2. The van der Waals surface area contributed by atoms with Gasteiger partial charge in [0.15, 0.2) is 5.11 Å². The van der Waals surface area contributed by atoms with Crippen LogP contribution < -0.4 is 15.8 Å². The lowest BCUT2D eigenvalue weighted by molar-refractivity contribution is 0.597. The zero-order valence-corrected chi connectivity index (χ0v) is 11.9. The van der Waals surface area contributed by atoms with Crippen LogP contribution in [0, 0.1) is 0 Å². The SMILES string of the molecule is CC(C)NC(=S)NCc1ccc(S(N)(=O)=O)cc1. The van der Waals surface area contributed by atoms with Crippen molar-refractivity contribution in [2.75, 3.05) is 0 Å². The minimum atomic E-state index is -3.63. The Morgan fingerprint density at radius 3 is 2.33 bits per heavy atom. The quantitative estimate of drug-likeness (QED) is 0.710. The average Bonchev–Trinajstić information content (AvgIpc) is 2.25. The molecule has 0 amide bonds. The van der Waals surface area contributed by atoms with Gasteiger partial charge in [-0.2, -0.15) is 0 Å². The average molecular weight is 287 g/mol. The van der Waals surface area contributed by atoms with E-state index in [1.54, 1.807) is 12.1 Å². The number of benzene rings is 1. The van der Waals surface area contributed by atoms with Gasteiger partial charge in [-0.25, -0.2) is 13.6 Å². The molecule has 4 N–H and O–H groups in total. The van der Waals surface area contributed by atoms with Crippen LogP contribution >= 0.6 is 12.2 Å². The van der Waals surface area contributed by atoms with E-state index in [0.717, 1.165) is 5.56 Å². The monoisotopic (exact) mass is 287 g/mol. The van der Waals surface area contributed by atoms with Gasteiger partial charge in [-0.3, -0.25) is 0 Å². The maximum Gasteiger partial charge on any atom is 0.238 e. The van der Waals surface area contributed by atoms with Crippen molar-refractivity contribution in [3.05, 3.63) is 29.8 Å². The largest absolute Gasteiger partial charge is 0.361 e. The summed E-state index contributed by atoms with van der Waals surface area (Å²) in [5, 5.41) is 11.7. The molecule has 0 fully saturated rings. The zero-order valence-electron chi connectivity index (χ0n) is 10.3. The molecule has 5 nitrogen and oxygen atoms in total. The first-order chi connectivity index (χ1) is 8.29. The maximum absolute atomic E-state index is 11.1. The van der Waals surface area contributed by atoms with Gasteiger partial charge in [-0.1, -0.05) is 12.1 Å². The van der Waals surface area contributed by atoms with Crippen LogP contribution in [0.3, 0.4) is 0 Å². The van der Waals surface area contributed by atoms with E-state index in [1.807, 2.05) is 13.8 Å². The first-order valence-electron chi connectivity index (χ1n) is 5.45. The first-order valence-corrected chi connectivity index (χ1v) is 7.40. The second-order valence-electron chi connectivity index (χ2n) is 4.17. The van der Waals surface area contributed by atoms with E-state index in [4.69, 9.17) is 17.4 Å². The van der Waals surface area contributed by atoms with E-state index in [1.165, 1.54) is 12.1 Å². The number of hydrogen-bond donors (Lipinski definition) is 3. The van der Waals surface area contributed by atoms with Crippen molar-refractivity contribution in [3.63, 3.8) is 0 Å². The van der Waals surface area contributed by atoms with E-state index >= 15 is 0 Å². The fourth-order valence-corrected chi connectivity index (χ4v) is 2.12. The summed E-state index contributed by atoms with van der Waals surface area (Å²) in [6, 6.07) is 6.63. The predicted octanol–water partition coefficient (Wildman–Crippen LogP) is 0.707. The highest BCUT2D eigenvalue weighted by Crippen LogP contribution is 2.08. The standard InChI is InChI=1S/C11H17N3O2S2/c1-8(2)14-11(17)13-7-9-3-5-10(6-4-9)18(12,15)16/h3-6,8H,7H2,1-2H3,(H2,12,15,16)(H2,13,14,17). The lowest BCUT2D eigenvalue weighted by Crippen LogP contribution is -2.38. The highest BCUT2D eigenvalue weighted by atomic mass is 32.2. The van der Waals surface area contributed by atoms with Gasteiger partial charge >= 0.3 is 0 Å². The summed E-state index contributed by atoms with van der Waals surface area (Å²) < 4.78 is 22.1. The number of sulfonamides is 1. The first kappa shape index (κ1) is 14.9. The normalized spacial score (nSPS) is 11.3. The molecule has 0 atom stereocenters. The Bertz CT molecular complexity index is 510. The van der Waals surface area contributed by atoms with Gasteiger partial charge in [0.25, 0.3) is 0 Å². The number of thiocarbonyl (C=S) groups is 1. The maximum atomic E-state index is 11.1. The number of rotatable bonds is 4. The van der Waals surface area contributed by atoms with Gasteiger partial charge in [-0.15, -0.1) is 0 Å². The van der Waals surface area contributed by atoms with Crippen molar-refractivity contribution >= 4 is 27.4 Å². The van der Waals surface area contributed by atoms with Crippen molar-refractivity contribution in [1.29, 1.82) is 0 Å². The zero-order chi connectivity index (χ0) is 13.8. The molecule has 18 heavy (non-hydrogen) atoms. The van der Waals surface area contributed by atoms with Gasteiger partial charge in [0.2, 0.25) is 10.0 Å². The number of hydrogen-bond acceptors (Lipinski definition) is 3. The van der Waals surface area contributed by atoms with E-state index in [0.29, 0.717) is 11.7 Å². The van der Waals surface area contributed by atoms with Crippen molar-refractivity contribution in [3.8, 4) is 0 Å². The summed E-state index contributed by atoms with van der Waals surface area (Å²) in [5.41, 5.74) is 0.926. The van der Waals surface area contributed by atoms with E-state index in [-0.39, 0.29) is 10.9 Å². The Labute approximate surface area is 113 Å². The van der Waals surface area contributed by atoms with E-state index in [2.05, 4.69) is 10.6 Å². The summed E-state index contributed by atoms with van der Waals surface area (Å²) in [6.45, 7) is 4.52. The number of primary sulfonamides is 1. The highest BCUT2D eigenvalue weighted by Gasteiger charge is 2.06. The lowest BCUT2D eigenvalue weighted by Gasteiger charge is -2.13. The molecule has 1 rings (SSSR count). The minimum absolute atomic E-state index is 0.106. The highest BCUT2D eigenvalue weighted by molar-refractivity contribution is 7.89. The Kier molecular flexibility index (Phi) is 5.06. The molecule has 0 aliphatic heterocycles. The lowest BCUT2D eigenvalue weighted by atomic mass is 10.2. The van der Waals surface area contributed by atoms with Gasteiger partial charge in [0, 0.05) is 12.6 Å². The summed E-state index contributed by atoms with van der Waals surface area (Å²) in [6.07, 6.45) is 0. The third-order valence-corrected chi connectivity index (χ3v) is 3.32. The van der Waals surface area contributed by atoms with Gasteiger partial charge < -0.3 is 10.6 Å². The van der Waals surface area contributed by atoms with Crippen LogP contribution in [0.15, 0.2) is 29.2 Å². The van der Waals surface area contributed by atoms with Crippen LogP contribution in [0.4, 0.5) is 0 Å². The van der Waals surface area contributed by atoms with Crippen molar-refractivity contribution in [1.82, 2.24) is 10.6 Å². The second kappa shape index (κ2) is 6.12. The molecule has 0 saturated carbocycles. The Balaban J connectivity index is 2.57. The van der Waals surface area contributed by atoms with Crippen molar-refractivity contribution < 1.29 is 8.42 Å². The van der Waals surface area contributed by atoms with Gasteiger partial charge in [-0.05, 0) is 43.8 Å². The van der Waals surface area contributed by atoms with Crippen LogP contribution in [0.1, 0.15) is 19.4 Å². The molecule has 0 heterocycles. The molecule has 1 aromatic rings. The van der Waals surface area contributed by atoms with Crippen LogP contribution in [-0.4, -0.2) is 19.6 Å². The fraction of sp³-hybridized carbons (Fsp3) is 0.364. The predicted molar refractivity (Wildman–Crippen MR) is 75.5 cm³/mol. The summed E-state index contributed by atoms with van der Waals surface area (Å²) in [4.78, 5) is 0.106. The van der Waals surface area contributed by atoms with E-state index in [9.17, 15) is 8.42 Å². The van der Waals surface area contributed by atoms with Crippen LogP contribution in [0.5, 0.6) is 0 Å². The number of nitrogens with two attached hydrogens (primary N) is 1. The Morgan fingerprint density at radius 1 is 1.33 bits per heavy atom. The van der Waals surface area contributed by atoms with Gasteiger partial charge in [0.05, 0.1) is 4.90 Å². The third kappa shape index (κ3) is 4.99. The Hall–Kier alpha value is -1.18. The van der Waals surface area contributed by atoms with Crippen LogP contribution in [-0.2, 0) is 16.6 Å². The molecule has 0 aliphatic rings. The van der Waals surface area contributed by atoms with Crippen molar-refractivity contribution in [2.45, 2.75) is 31.3 Å². The minimum Gasteiger partial charge on any atom is -0.361 e. The topological polar surface area (TPSA) is 84.2 Å². The molecule has 0 aliphatic carbocycles. The summed E-state index contributed by atoms with van der Waals surface area (Å²) >= 11 is 5.08. The molecule has 0 spiro atoms. The van der Waals surface area contributed by atoms with Crippen LogP contribution in [0.2, 0.25) is 0 Å². The fourth-order valence-electron chi connectivity index (χ4n) is 1.29. The molecule has 7 heteroatoms. The molecule has 0 unspecified atom stereocenters. The summed E-state index contributed by atoms with van der Waals surface area (Å²) in [7, 11) is -3.63. The molecule has 0 aromatic heterocycles. The molecule has 100 valence electrons. The Morgan fingerprint density at radius 2 is 1.89 bits per heavy atom. The van der Waals surface area contributed by atoms with Crippen molar-refractivity contribution in [2.24, 2.45) is 5.14 Å². The smallest absolute Gasteiger partial charge is 0.238 e. The molecule has 0 saturated heterocycles. The molecular weight excluding hydrogens is 270 g/mol. The molecular formula is C11H17N3O2S2. The third-order valence-electron chi connectivity index (χ3n) is 2.12. The summed E-state index contributed by atoms with van der Waals surface area (Å²) in [5.74, 6) is 0. The molecule has 0 bridgehead atoms.